The van der Waals surface area contributed by atoms with Gasteiger partial charge in [0.15, 0.2) is 0 Å². The van der Waals surface area contributed by atoms with Gasteiger partial charge in [0.05, 0.1) is 6.54 Å². The summed E-state index contributed by atoms with van der Waals surface area (Å²) in [6, 6.07) is 9.53. The quantitative estimate of drug-likeness (QED) is 0.628. The lowest BCUT2D eigenvalue weighted by atomic mass is 10.1. The Morgan fingerprint density at radius 1 is 1.28 bits per heavy atom. The van der Waals surface area contributed by atoms with E-state index in [2.05, 4.69) is 10.3 Å². The molecule has 0 heterocycles. The Balaban J connectivity index is 2.44. The lowest BCUT2D eigenvalue weighted by Crippen LogP contribution is -2.40. The normalized spacial score (nSPS) is 12.3. The highest BCUT2D eigenvalue weighted by molar-refractivity contribution is 5.97. The van der Waals surface area contributed by atoms with Crippen molar-refractivity contribution in [3.05, 3.63) is 35.9 Å². The molecule has 0 saturated heterocycles. The summed E-state index contributed by atoms with van der Waals surface area (Å²) in [5.41, 5.74) is 6.51. The molecule has 1 amide bonds. The number of amides is 1. The van der Waals surface area contributed by atoms with Crippen LogP contribution in [0.4, 0.5) is 0 Å². The summed E-state index contributed by atoms with van der Waals surface area (Å²) in [6.07, 6.45) is 0.352. The second-order valence-corrected chi connectivity index (χ2v) is 5.18. The van der Waals surface area contributed by atoms with Crippen molar-refractivity contribution >= 4 is 11.7 Å². The molecule has 18 heavy (non-hydrogen) atoms. The maximum atomic E-state index is 11.6. The summed E-state index contributed by atoms with van der Waals surface area (Å²) in [6.45, 7) is 6.26. The van der Waals surface area contributed by atoms with Gasteiger partial charge in [-0.2, -0.15) is 0 Å². The molecule has 0 aliphatic heterocycles. The van der Waals surface area contributed by atoms with Crippen molar-refractivity contribution in [2.24, 2.45) is 10.7 Å². The van der Waals surface area contributed by atoms with Crippen LogP contribution in [-0.4, -0.2) is 23.8 Å². The van der Waals surface area contributed by atoms with Gasteiger partial charge in [0, 0.05) is 17.5 Å². The van der Waals surface area contributed by atoms with Crippen molar-refractivity contribution < 1.29 is 4.79 Å². The molecule has 1 rings (SSSR count). The van der Waals surface area contributed by atoms with Crippen LogP contribution in [0.2, 0.25) is 0 Å². The zero-order valence-electron chi connectivity index (χ0n) is 11.2. The standard InChI is InChI=1S/C14H21N3O/c1-14(2,3)17-12(18)9-10-16-13(15)11-7-5-4-6-8-11/h4-8H,9-10H2,1-3H3,(H2,15,16)(H,17,18). The Labute approximate surface area is 108 Å². The molecular formula is C14H21N3O. The second-order valence-electron chi connectivity index (χ2n) is 5.18. The Bertz CT molecular complexity index is 418. The predicted molar refractivity (Wildman–Crippen MR) is 74.5 cm³/mol. The summed E-state index contributed by atoms with van der Waals surface area (Å²) in [7, 11) is 0. The fourth-order valence-electron chi connectivity index (χ4n) is 1.46. The number of amidine groups is 1. The third kappa shape index (κ3) is 5.48. The van der Waals surface area contributed by atoms with E-state index in [1.807, 2.05) is 51.1 Å². The third-order valence-electron chi connectivity index (χ3n) is 2.20. The minimum absolute atomic E-state index is 0.00730. The average Bonchev–Trinajstić information content (AvgIpc) is 2.27. The molecule has 98 valence electrons. The minimum atomic E-state index is -0.203. The van der Waals surface area contributed by atoms with Gasteiger partial charge >= 0.3 is 0 Å². The number of hydrogen-bond acceptors (Lipinski definition) is 2. The van der Waals surface area contributed by atoms with Gasteiger partial charge < -0.3 is 11.1 Å². The fourth-order valence-corrected chi connectivity index (χ4v) is 1.46. The van der Waals surface area contributed by atoms with E-state index in [9.17, 15) is 4.79 Å². The molecule has 1 aromatic carbocycles. The molecule has 0 fully saturated rings. The van der Waals surface area contributed by atoms with Crippen LogP contribution in [0.3, 0.4) is 0 Å². The zero-order chi connectivity index (χ0) is 13.6. The van der Waals surface area contributed by atoms with Crippen molar-refractivity contribution in [3.8, 4) is 0 Å². The van der Waals surface area contributed by atoms with Crippen molar-refractivity contribution in [2.75, 3.05) is 6.54 Å². The number of benzene rings is 1. The van der Waals surface area contributed by atoms with Crippen molar-refractivity contribution in [1.82, 2.24) is 5.32 Å². The van der Waals surface area contributed by atoms with E-state index in [1.165, 1.54) is 0 Å². The first kappa shape index (κ1) is 14.2. The van der Waals surface area contributed by atoms with Crippen LogP contribution in [0.5, 0.6) is 0 Å². The van der Waals surface area contributed by atoms with Gasteiger partial charge in [-0.25, -0.2) is 0 Å². The SMILES string of the molecule is CC(C)(C)NC(=O)CCN=C(N)c1ccccc1. The first-order chi connectivity index (χ1) is 8.38. The van der Waals surface area contributed by atoms with Gasteiger partial charge in [-0.15, -0.1) is 0 Å². The molecule has 0 aliphatic rings. The number of aliphatic imine (C=N–C) groups is 1. The van der Waals surface area contributed by atoms with Gasteiger partial charge in [-0.05, 0) is 20.8 Å². The number of hydrogen-bond donors (Lipinski definition) is 2. The van der Waals surface area contributed by atoms with E-state index >= 15 is 0 Å². The Morgan fingerprint density at radius 3 is 2.44 bits per heavy atom. The Morgan fingerprint density at radius 2 is 1.89 bits per heavy atom. The molecule has 4 nitrogen and oxygen atoms in total. The molecule has 0 radical (unpaired) electrons. The van der Waals surface area contributed by atoms with Crippen LogP contribution in [0, 0.1) is 0 Å². The lowest BCUT2D eigenvalue weighted by Gasteiger charge is -2.20. The molecule has 0 saturated carbocycles. The van der Waals surface area contributed by atoms with Crippen LogP contribution >= 0.6 is 0 Å². The molecule has 0 spiro atoms. The van der Waals surface area contributed by atoms with Crippen LogP contribution in [0.1, 0.15) is 32.8 Å². The largest absolute Gasteiger partial charge is 0.384 e. The van der Waals surface area contributed by atoms with Crippen LogP contribution in [0.15, 0.2) is 35.3 Å². The van der Waals surface area contributed by atoms with Gasteiger partial charge in [0.1, 0.15) is 5.84 Å². The second kappa shape index (κ2) is 6.19. The first-order valence-corrected chi connectivity index (χ1v) is 6.05. The highest BCUT2D eigenvalue weighted by Gasteiger charge is 2.12. The van der Waals surface area contributed by atoms with E-state index in [1.54, 1.807) is 0 Å². The van der Waals surface area contributed by atoms with Crippen LogP contribution in [0.25, 0.3) is 0 Å². The number of nitrogens with zero attached hydrogens (tertiary/aromatic N) is 1. The van der Waals surface area contributed by atoms with E-state index in [4.69, 9.17) is 5.73 Å². The Hall–Kier alpha value is -1.84. The van der Waals surface area contributed by atoms with Gasteiger partial charge in [-0.3, -0.25) is 9.79 Å². The lowest BCUT2D eigenvalue weighted by molar-refractivity contribution is -0.122. The molecule has 0 aliphatic carbocycles. The Kier molecular flexibility index (Phi) is 4.89. The molecule has 0 unspecified atom stereocenters. The molecule has 3 N–H and O–H groups in total. The molecule has 0 bridgehead atoms. The summed E-state index contributed by atoms with van der Waals surface area (Å²) >= 11 is 0. The summed E-state index contributed by atoms with van der Waals surface area (Å²) in [5.74, 6) is 0.464. The van der Waals surface area contributed by atoms with Crippen LogP contribution < -0.4 is 11.1 Å². The van der Waals surface area contributed by atoms with Crippen LogP contribution in [-0.2, 0) is 4.79 Å². The van der Waals surface area contributed by atoms with Gasteiger partial charge in [0.25, 0.3) is 0 Å². The molecule has 4 heteroatoms. The van der Waals surface area contributed by atoms with Crippen molar-refractivity contribution in [2.45, 2.75) is 32.7 Å². The molecular weight excluding hydrogens is 226 g/mol. The number of carbonyl (C=O) groups is 1. The van der Waals surface area contributed by atoms with E-state index in [0.29, 0.717) is 18.8 Å². The van der Waals surface area contributed by atoms with E-state index < -0.39 is 0 Å². The fraction of sp³-hybridized carbons (Fsp3) is 0.429. The summed E-state index contributed by atoms with van der Waals surface area (Å²) in [5, 5.41) is 2.88. The third-order valence-corrected chi connectivity index (χ3v) is 2.20. The van der Waals surface area contributed by atoms with E-state index in [-0.39, 0.29) is 11.4 Å². The highest BCUT2D eigenvalue weighted by Crippen LogP contribution is 2.00. The monoisotopic (exact) mass is 247 g/mol. The predicted octanol–water partition coefficient (Wildman–Crippen LogP) is 1.70. The number of rotatable bonds is 4. The topological polar surface area (TPSA) is 67.5 Å². The maximum Gasteiger partial charge on any atom is 0.222 e. The summed E-state index contributed by atoms with van der Waals surface area (Å²) < 4.78 is 0. The van der Waals surface area contributed by atoms with Gasteiger partial charge in [0.2, 0.25) is 5.91 Å². The number of carbonyl (C=O) groups excluding carboxylic acids is 1. The minimum Gasteiger partial charge on any atom is -0.384 e. The van der Waals surface area contributed by atoms with E-state index in [0.717, 1.165) is 5.56 Å². The first-order valence-electron chi connectivity index (χ1n) is 6.05. The van der Waals surface area contributed by atoms with Crippen molar-refractivity contribution in [3.63, 3.8) is 0 Å². The molecule has 0 aromatic heterocycles. The number of nitrogens with one attached hydrogen (secondary N) is 1. The summed E-state index contributed by atoms with van der Waals surface area (Å²) in [4.78, 5) is 15.8. The molecule has 1 aromatic rings. The molecule has 0 atom stereocenters. The average molecular weight is 247 g/mol. The van der Waals surface area contributed by atoms with Gasteiger partial charge in [-0.1, -0.05) is 30.3 Å². The smallest absolute Gasteiger partial charge is 0.222 e. The number of nitrogens with two attached hydrogens (primary N) is 1. The highest BCUT2D eigenvalue weighted by atomic mass is 16.1. The zero-order valence-corrected chi connectivity index (χ0v) is 11.2. The van der Waals surface area contributed by atoms with Crippen molar-refractivity contribution in [1.29, 1.82) is 0 Å². The maximum absolute atomic E-state index is 11.6.